The molecule has 0 N–H and O–H groups in total. The van der Waals surface area contributed by atoms with Crippen LogP contribution in [0.5, 0.6) is 0 Å². The Morgan fingerprint density at radius 2 is 2.19 bits per heavy atom. The van der Waals surface area contributed by atoms with Gasteiger partial charge in [-0.3, -0.25) is 4.79 Å². The highest BCUT2D eigenvalue weighted by molar-refractivity contribution is 5.91. The van der Waals surface area contributed by atoms with E-state index < -0.39 is 0 Å². The van der Waals surface area contributed by atoms with Gasteiger partial charge >= 0.3 is 0 Å². The van der Waals surface area contributed by atoms with Crippen molar-refractivity contribution in [3.05, 3.63) is 17.5 Å². The number of amides is 1. The molecule has 1 aliphatic heterocycles. The summed E-state index contributed by atoms with van der Waals surface area (Å²) in [6.45, 7) is 5.87. The highest BCUT2D eigenvalue weighted by Gasteiger charge is 2.25. The SMILES string of the molecule is CC(C)Cc1cc(C(=O)N2CCCC(N(C)C)CC2)on1. The molecule has 5 heteroatoms. The highest BCUT2D eigenvalue weighted by Crippen LogP contribution is 2.18. The van der Waals surface area contributed by atoms with Gasteiger partial charge in [-0.2, -0.15) is 0 Å². The second kappa shape index (κ2) is 7.07. The van der Waals surface area contributed by atoms with Crippen LogP contribution < -0.4 is 0 Å². The van der Waals surface area contributed by atoms with Gasteiger partial charge in [0.2, 0.25) is 5.76 Å². The molecule has 1 aliphatic rings. The first-order chi connectivity index (χ1) is 9.97. The summed E-state index contributed by atoms with van der Waals surface area (Å²) in [5.74, 6) is 0.878. The molecule has 0 radical (unpaired) electrons. The monoisotopic (exact) mass is 293 g/mol. The van der Waals surface area contributed by atoms with E-state index in [4.69, 9.17) is 4.52 Å². The smallest absolute Gasteiger partial charge is 0.292 e. The Hall–Kier alpha value is -1.36. The average molecular weight is 293 g/mol. The lowest BCUT2D eigenvalue weighted by atomic mass is 10.1. The summed E-state index contributed by atoms with van der Waals surface area (Å²) in [6, 6.07) is 2.37. The quantitative estimate of drug-likeness (QED) is 0.855. The number of hydrogen-bond donors (Lipinski definition) is 0. The summed E-state index contributed by atoms with van der Waals surface area (Å²) in [4.78, 5) is 16.7. The van der Waals surface area contributed by atoms with Crippen molar-refractivity contribution in [2.75, 3.05) is 27.2 Å². The molecule has 2 rings (SSSR count). The van der Waals surface area contributed by atoms with E-state index in [-0.39, 0.29) is 5.91 Å². The Morgan fingerprint density at radius 3 is 2.86 bits per heavy atom. The molecule has 5 nitrogen and oxygen atoms in total. The number of aromatic nitrogens is 1. The average Bonchev–Trinajstić information content (AvgIpc) is 2.73. The van der Waals surface area contributed by atoms with Gasteiger partial charge in [0.15, 0.2) is 0 Å². The Kier molecular flexibility index (Phi) is 5.39. The van der Waals surface area contributed by atoms with Crippen molar-refractivity contribution in [2.24, 2.45) is 5.92 Å². The molecule has 21 heavy (non-hydrogen) atoms. The molecule has 1 fully saturated rings. The van der Waals surface area contributed by atoms with Gasteiger partial charge in [-0.1, -0.05) is 19.0 Å². The summed E-state index contributed by atoms with van der Waals surface area (Å²) >= 11 is 0. The van der Waals surface area contributed by atoms with Crippen LogP contribution >= 0.6 is 0 Å². The maximum atomic E-state index is 12.5. The summed E-state index contributed by atoms with van der Waals surface area (Å²) in [6.07, 6.45) is 4.05. The summed E-state index contributed by atoms with van der Waals surface area (Å²) in [7, 11) is 4.22. The third-order valence-electron chi connectivity index (χ3n) is 4.10. The molecule has 0 saturated carbocycles. The molecule has 0 spiro atoms. The Balaban J connectivity index is 1.98. The minimum absolute atomic E-state index is 0.0167. The molecule has 0 aromatic carbocycles. The molecule has 1 aromatic heterocycles. The third-order valence-corrected chi connectivity index (χ3v) is 4.10. The highest BCUT2D eigenvalue weighted by atomic mass is 16.5. The fourth-order valence-electron chi connectivity index (χ4n) is 2.88. The first kappa shape index (κ1) is 16.0. The molecule has 1 aromatic rings. The van der Waals surface area contributed by atoms with E-state index in [9.17, 15) is 4.79 Å². The van der Waals surface area contributed by atoms with Crippen LogP contribution in [0.15, 0.2) is 10.6 Å². The number of carbonyl (C=O) groups is 1. The predicted molar refractivity (Wildman–Crippen MR) is 82.3 cm³/mol. The molecule has 0 aliphatic carbocycles. The molecule has 2 heterocycles. The van der Waals surface area contributed by atoms with Gasteiger partial charge in [0.1, 0.15) is 0 Å². The summed E-state index contributed by atoms with van der Waals surface area (Å²) < 4.78 is 5.24. The van der Waals surface area contributed by atoms with Crippen LogP contribution in [0, 0.1) is 5.92 Å². The Morgan fingerprint density at radius 1 is 1.43 bits per heavy atom. The van der Waals surface area contributed by atoms with E-state index in [1.807, 2.05) is 4.90 Å². The Labute approximate surface area is 127 Å². The van der Waals surface area contributed by atoms with Crippen LogP contribution in [0.3, 0.4) is 0 Å². The number of nitrogens with zero attached hydrogens (tertiary/aromatic N) is 3. The summed E-state index contributed by atoms with van der Waals surface area (Å²) in [5.41, 5.74) is 0.870. The molecule has 0 bridgehead atoms. The largest absolute Gasteiger partial charge is 0.351 e. The van der Waals surface area contributed by atoms with Crippen LogP contribution in [0.25, 0.3) is 0 Å². The van der Waals surface area contributed by atoms with Gasteiger partial charge in [-0.05, 0) is 45.7 Å². The van der Waals surface area contributed by atoms with E-state index in [0.29, 0.717) is 17.7 Å². The molecular formula is C16H27N3O2. The maximum Gasteiger partial charge on any atom is 0.292 e. The van der Waals surface area contributed by atoms with E-state index in [1.54, 1.807) is 6.07 Å². The number of likely N-dealkylation sites (tertiary alicyclic amines) is 1. The van der Waals surface area contributed by atoms with Gasteiger partial charge in [0, 0.05) is 25.2 Å². The van der Waals surface area contributed by atoms with Crippen LogP contribution in [0.1, 0.15) is 49.4 Å². The minimum atomic E-state index is -0.0167. The van der Waals surface area contributed by atoms with Crippen LogP contribution in [-0.2, 0) is 6.42 Å². The molecular weight excluding hydrogens is 266 g/mol. The standard InChI is InChI=1S/C16H27N3O2/c1-12(2)10-13-11-15(21-17-13)16(20)19-8-5-6-14(7-9-19)18(3)4/h11-12,14H,5-10H2,1-4H3. The molecule has 1 unspecified atom stereocenters. The number of carbonyl (C=O) groups excluding carboxylic acids is 1. The van der Waals surface area contributed by atoms with Crippen molar-refractivity contribution in [2.45, 2.75) is 45.6 Å². The van der Waals surface area contributed by atoms with Crippen molar-refractivity contribution >= 4 is 5.91 Å². The van der Waals surface area contributed by atoms with Crippen molar-refractivity contribution in [3.63, 3.8) is 0 Å². The van der Waals surface area contributed by atoms with Gasteiger partial charge < -0.3 is 14.3 Å². The van der Waals surface area contributed by atoms with E-state index >= 15 is 0 Å². The summed E-state index contributed by atoms with van der Waals surface area (Å²) in [5, 5.41) is 4.01. The van der Waals surface area contributed by atoms with Gasteiger partial charge in [-0.15, -0.1) is 0 Å². The van der Waals surface area contributed by atoms with Crippen molar-refractivity contribution in [1.82, 2.24) is 15.0 Å². The molecule has 118 valence electrons. The third kappa shape index (κ3) is 4.30. The fourth-order valence-corrected chi connectivity index (χ4v) is 2.88. The zero-order valence-electron chi connectivity index (χ0n) is 13.6. The number of hydrogen-bond acceptors (Lipinski definition) is 4. The molecule has 1 amide bonds. The molecule has 1 saturated heterocycles. The van der Waals surface area contributed by atoms with E-state index in [0.717, 1.165) is 44.5 Å². The first-order valence-electron chi connectivity index (χ1n) is 7.88. The topological polar surface area (TPSA) is 49.6 Å². The lowest BCUT2D eigenvalue weighted by Crippen LogP contribution is -2.33. The Bertz CT molecular complexity index is 468. The van der Waals surface area contributed by atoms with E-state index in [1.165, 1.54) is 0 Å². The predicted octanol–water partition coefficient (Wildman–Crippen LogP) is 2.43. The van der Waals surface area contributed by atoms with Crippen LogP contribution in [-0.4, -0.2) is 54.1 Å². The first-order valence-corrected chi connectivity index (χ1v) is 7.88. The van der Waals surface area contributed by atoms with Crippen molar-refractivity contribution in [1.29, 1.82) is 0 Å². The number of rotatable bonds is 4. The normalized spacial score (nSPS) is 20.1. The lowest BCUT2D eigenvalue weighted by molar-refractivity contribution is 0.0716. The van der Waals surface area contributed by atoms with Crippen molar-refractivity contribution < 1.29 is 9.32 Å². The van der Waals surface area contributed by atoms with Gasteiger partial charge in [0.25, 0.3) is 5.91 Å². The van der Waals surface area contributed by atoms with Crippen molar-refractivity contribution in [3.8, 4) is 0 Å². The van der Waals surface area contributed by atoms with E-state index in [2.05, 4.69) is 38.0 Å². The zero-order chi connectivity index (χ0) is 15.4. The minimum Gasteiger partial charge on any atom is -0.351 e. The van der Waals surface area contributed by atoms with Crippen LogP contribution in [0.4, 0.5) is 0 Å². The zero-order valence-corrected chi connectivity index (χ0v) is 13.6. The molecule has 1 atom stereocenters. The second-order valence-corrected chi connectivity index (χ2v) is 6.62. The van der Waals surface area contributed by atoms with Crippen LogP contribution in [0.2, 0.25) is 0 Å². The van der Waals surface area contributed by atoms with Gasteiger partial charge in [0.05, 0.1) is 5.69 Å². The second-order valence-electron chi connectivity index (χ2n) is 6.62. The fraction of sp³-hybridized carbons (Fsp3) is 0.750. The lowest BCUT2D eigenvalue weighted by Gasteiger charge is -2.22. The maximum absolute atomic E-state index is 12.5. The van der Waals surface area contributed by atoms with Gasteiger partial charge in [-0.25, -0.2) is 0 Å².